The largest absolute Gasteiger partial charge is 0.391 e. The molecule has 1 aromatic rings. The summed E-state index contributed by atoms with van der Waals surface area (Å²) in [6, 6.07) is 4.15. The zero-order valence-corrected chi connectivity index (χ0v) is 11.7. The number of aliphatic hydroxyl groups is 1. The van der Waals surface area contributed by atoms with Crippen molar-refractivity contribution in [3.8, 4) is 0 Å². The highest BCUT2D eigenvalue weighted by molar-refractivity contribution is 6.35. The topological polar surface area (TPSA) is 83.7 Å². The molecule has 1 N–H and O–H groups in total. The first-order valence-electron chi connectivity index (χ1n) is 6.32. The van der Waals surface area contributed by atoms with Crippen LogP contribution < -0.4 is 0 Å². The van der Waals surface area contributed by atoms with E-state index in [1.807, 2.05) is 6.92 Å². The van der Waals surface area contributed by atoms with Gasteiger partial charge in [0.2, 0.25) is 0 Å². The number of halogens is 1. The fourth-order valence-electron chi connectivity index (χ4n) is 2.23. The van der Waals surface area contributed by atoms with Gasteiger partial charge in [0.1, 0.15) is 5.02 Å². The number of aliphatic hydroxyl groups excluding tert-OH is 1. The number of nitro benzene ring substituents is 1. The zero-order chi connectivity index (χ0) is 14.9. The molecule has 0 saturated carbocycles. The SMILES string of the molecule is CC1CCN(C(=O)c2cccc([N+](=O)[O-])c2Cl)CC1O. The summed E-state index contributed by atoms with van der Waals surface area (Å²) in [7, 11) is 0. The van der Waals surface area contributed by atoms with E-state index in [0.717, 1.165) is 0 Å². The van der Waals surface area contributed by atoms with Crippen LogP contribution in [0.3, 0.4) is 0 Å². The summed E-state index contributed by atoms with van der Waals surface area (Å²) < 4.78 is 0. The van der Waals surface area contributed by atoms with Gasteiger partial charge in [-0.25, -0.2) is 0 Å². The van der Waals surface area contributed by atoms with Gasteiger partial charge >= 0.3 is 0 Å². The molecule has 1 aliphatic rings. The number of likely N-dealkylation sites (tertiary alicyclic amines) is 1. The lowest BCUT2D eigenvalue weighted by Gasteiger charge is -2.34. The summed E-state index contributed by atoms with van der Waals surface area (Å²) in [6.45, 7) is 2.65. The van der Waals surface area contributed by atoms with Crippen LogP contribution in [0.1, 0.15) is 23.7 Å². The average molecular weight is 299 g/mol. The van der Waals surface area contributed by atoms with Crippen LogP contribution in [-0.4, -0.2) is 40.0 Å². The molecule has 0 aliphatic carbocycles. The first-order valence-corrected chi connectivity index (χ1v) is 6.70. The van der Waals surface area contributed by atoms with Crippen LogP contribution >= 0.6 is 11.6 Å². The molecule has 0 radical (unpaired) electrons. The van der Waals surface area contributed by atoms with Crippen LogP contribution in [0.2, 0.25) is 5.02 Å². The number of carbonyl (C=O) groups excluding carboxylic acids is 1. The molecule has 6 nitrogen and oxygen atoms in total. The van der Waals surface area contributed by atoms with Gasteiger partial charge in [-0.05, 0) is 18.4 Å². The second kappa shape index (κ2) is 5.76. The van der Waals surface area contributed by atoms with Gasteiger partial charge in [-0.15, -0.1) is 0 Å². The molecule has 7 heteroatoms. The van der Waals surface area contributed by atoms with Crippen molar-refractivity contribution in [1.82, 2.24) is 4.90 Å². The van der Waals surface area contributed by atoms with Crippen molar-refractivity contribution in [2.75, 3.05) is 13.1 Å². The first-order chi connectivity index (χ1) is 9.41. The van der Waals surface area contributed by atoms with Crippen molar-refractivity contribution in [2.45, 2.75) is 19.4 Å². The number of amides is 1. The van der Waals surface area contributed by atoms with E-state index in [-0.39, 0.29) is 34.6 Å². The van der Waals surface area contributed by atoms with Gasteiger partial charge in [0.15, 0.2) is 0 Å². The molecule has 0 spiro atoms. The molecule has 108 valence electrons. The van der Waals surface area contributed by atoms with Gasteiger partial charge in [0, 0.05) is 19.2 Å². The first kappa shape index (κ1) is 14.7. The normalized spacial score (nSPS) is 22.6. The average Bonchev–Trinajstić information content (AvgIpc) is 2.41. The van der Waals surface area contributed by atoms with Crippen molar-refractivity contribution in [2.24, 2.45) is 5.92 Å². The fraction of sp³-hybridized carbons (Fsp3) is 0.462. The zero-order valence-electron chi connectivity index (χ0n) is 11.0. The third kappa shape index (κ3) is 2.76. The molecule has 1 aliphatic heterocycles. The van der Waals surface area contributed by atoms with E-state index in [2.05, 4.69) is 0 Å². The lowest BCUT2D eigenvalue weighted by atomic mass is 9.95. The monoisotopic (exact) mass is 298 g/mol. The molecule has 1 saturated heterocycles. The molecule has 0 bridgehead atoms. The summed E-state index contributed by atoms with van der Waals surface area (Å²) in [5.41, 5.74) is -0.189. The van der Waals surface area contributed by atoms with Gasteiger partial charge in [-0.3, -0.25) is 14.9 Å². The quantitative estimate of drug-likeness (QED) is 0.669. The minimum Gasteiger partial charge on any atom is -0.391 e. The van der Waals surface area contributed by atoms with Crippen molar-refractivity contribution in [1.29, 1.82) is 0 Å². The molecule has 20 heavy (non-hydrogen) atoms. The van der Waals surface area contributed by atoms with Gasteiger partial charge in [0.25, 0.3) is 11.6 Å². The van der Waals surface area contributed by atoms with E-state index < -0.39 is 11.0 Å². The van der Waals surface area contributed by atoms with E-state index in [1.54, 1.807) is 0 Å². The number of rotatable bonds is 2. The minimum absolute atomic E-state index is 0.0996. The van der Waals surface area contributed by atoms with E-state index in [0.29, 0.717) is 13.0 Å². The summed E-state index contributed by atoms with van der Waals surface area (Å²) in [5.74, 6) is -0.246. The van der Waals surface area contributed by atoms with E-state index in [9.17, 15) is 20.0 Å². The van der Waals surface area contributed by atoms with Crippen molar-refractivity contribution in [3.63, 3.8) is 0 Å². The lowest BCUT2D eigenvalue weighted by molar-refractivity contribution is -0.384. The fourth-order valence-corrected chi connectivity index (χ4v) is 2.51. The van der Waals surface area contributed by atoms with E-state index in [4.69, 9.17) is 11.6 Å². The van der Waals surface area contributed by atoms with Crippen LogP contribution in [0.25, 0.3) is 0 Å². The number of hydrogen-bond donors (Lipinski definition) is 1. The molecule has 1 aromatic carbocycles. The molecular weight excluding hydrogens is 284 g/mol. The highest BCUT2D eigenvalue weighted by atomic mass is 35.5. The summed E-state index contributed by atoms with van der Waals surface area (Å²) in [6.07, 6.45) is 0.115. The standard InChI is InChI=1S/C13H15ClN2O4/c1-8-5-6-15(7-11(8)17)13(18)9-3-2-4-10(12(9)14)16(19)20/h2-4,8,11,17H,5-7H2,1H3. The predicted octanol–water partition coefficient (Wildman–Crippen LogP) is 2.09. The Morgan fingerprint density at radius 1 is 1.55 bits per heavy atom. The number of benzene rings is 1. The number of nitro groups is 1. The summed E-state index contributed by atoms with van der Waals surface area (Å²) in [5, 5.41) is 20.5. The van der Waals surface area contributed by atoms with Crippen LogP contribution in [0, 0.1) is 16.0 Å². The van der Waals surface area contributed by atoms with Crippen LogP contribution in [0.4, 0.5) is 5.69 Å². The molecule has 2 unspecified atom stereocenters. The molecule has 2 rings (SSSR count). The molecule has 1 heterocycles. The number of carbonyl (C=O) groups is 1. The Kier molecular flexibility index (Phi) is 4.25. The highest BCUT2D eigenvalue weighted by Gasteiger charge is 2.30. The minimum atomic E-state index is -0.619. The summed E-state index contributed by atoms with van der Waals surface area (Å²) in [4.78, 5) is 24.0. The summed E-state index contributed by atoms with van der Waals surface area (Å²) >= 11 is 5.93. The van der Waals surface area contributed by atoms with Crippen LogP contribution in [0.15, 0.2) is 18.2 Å². The third-order valence-corrected chi connectivity index (χ3v) is 4.01. The maximum atomic E-state index is 12.4. The number of β-amino-alcohol motifs (C(OH)–C–C–N with tert-alkyl or cyclic N) is 1. The van der Waals surface area contributed by atoms with Gasteiger partial charge < -0.3 is 10.0 Å². The smallest absolute Gasteiger partial charge is 0.288 e. The Morgan fingerprint density at radius 3 is 2.85 bits per heavy atom. The Balaban J connectivity index is 2.26. The Labute approximate surface area is 121 Å². The van der Waals surface area contributed by atoms with Crippen molar-refractivity contribution < 1.29 is 14.8 Å². The van der Waals surface area contributed by atoms with Crippen LogP contribution in [-0.2, 0) is 0 Å². The lowest BCUT2D eigenvalue weighted by Crippen LogP contribution is -2.45. The van der Waals surface area contributed by atoms with E-state index in [1.165, 1.54) is 23.1 Å². The predicted molar refractivity (Wildman–Crippen MR) is 73.8 cm³/mol. The van der Waals surface area contributed by atoms with Gasteiger partial charge in [-0.2, -0.15) is 0 Å². The second-order valence-electron chi connectivity index (χ2n) is 4.98. The Hall–Kier alpha value is -1.66. The second-order valence-corrected chi connectivity index (χ2v) is 5.36. The molecule has 1 fully saturated rings. The van der Waals surface area contributed by atoms with Crippen molar-refractivity contribution in [3.05, 3.63) is 38.9 Å². The third-order valence-electron chi connectivity index (χ3n) is 3.61. The highest BCUT2D eigenvalue weighted by Crippen LogP contribution is 2.29. The van der Waals surface area contributed by atoms with Gasteiger partial charge in [0.05, 0.1) is 16.6 Å². The number of piperidine rings is 1. The molecule has 2 atom stereocenters. The Bertz CT molecular complexity index is 549. The molecular formula is C13H15ClN2O4. The molecule has 0 aromatic heterocycles. The van der Waals surface area contributed by atoms with E-state index >= 15 is 0 Å². The maximum Gasteiger partial charge on any atom is 0.288 e. The number of nitrogens with zero attached hydrogens (tertiary/aromatic N) is 2. The van der Waals surface area contributed by atoms with Crippen LogP contribution in [0.5, 0.6) is 0 Å². The van der Waals surface area contributed by atoms with Crippen molar-refractivity contribution >= 4 is 23.2 Å². The Morgan fingerprint density at radius 2 is 2.25 bits per heavy atom. The van der Waals surface area contributed by atoms with Gasteiger partial charge in [-0.1, -0.05) is 24.6 Å². The maximum absolute atomic E-state index is 12.4. The molecule has 1 amide bonds. The number of hydrogen-bond acceptors (Lipinski definition) is 4.